The van der Waals surface area contributed by atoms with Crippen molar-refractivity contribution in [3.63, 3.8) is 0 Å². The Morgan fingerprint density at radius 1 is 1.38 bits per heavy atom. The summed E-state index contributed by atoms with van der Waals surface area (Å²) in [6, 6.07) is 4.24. The van der Waals surface area contributed by atoms with Gasteiger partial charge in [0.25, 0.3) is 0 Å². The number of aromatic nitrogens is 3. The fraction of sp³-hybridized carbons (Fsp3) is 0.267. The first-order valence-electron chi connectivity index (χ1n) is 7.23. The lowest BCUT2D eigenvalue weighted by atomic mass is 10.1. The van der Waals surface area contributed by atoms with Gasteiger partial charge in [0, 0.05) is 29.8 Å². The van der Waals surface area contributed by atoms with E-state index in [4.69, 9.17) is 16.0 Å². The molecule has 0 aliphatic rings. The largest absolute Gasteiger partial charge is 0.506 e. The first-order valence-corrected chi connectivity index (χ1v) is 8.59. The molecule has 9 heteroatoms. The van der Waals surface area contributed by atoms with Crippen molar-refractivity contribution in [2.24, 2.45) is 0 Å². The van der Waals surface area contributed by atoms with E-state index < -0.39 is 5.63 Å². The SMILES string of the molecule is CCCn1c(SCc2cc(=O)oc3cc(O)c(Cl)cc23)n[nH]c1=O. The summed E-state index contributed by atoms with van der Waals surface area (Å²) >= 11 is 7.28. The second kappa shape index (κ2) is 6.74. The summed E-state index contributed by atoms with van der Waals surface area (Å²) < 4.78 is 6.65. The smallest absolute Gasteiger partial charge is 0.343 e. The number of hydrogen-bond donors (Lipinski definition) is 2. The first-order chi connectivity index (χ1) is 11.5. The molecule has 3 rings (SSSR count). The van der Waals surface area contributed by atoms with Crippen LogP contribution in [0.5, 0.6) is 5.75 Å². The minimum Gasteiger partial charge on any atom is -0.506 e. The number of phenolic OH excluding ortho intramolecular Hbond substituents is 1. The van der Waals surface area contributed by atoms with Crippen molar-refractivity contribution in [3.8, 4) is 5.75 Å². The highest BCUT2D eigenvalue weighted by atomic mass is 35.5. The van der Waals surface area contributed by atoms with Gasteiger partial charge < -0.3 is 9.52 Å². The molecule has 24 heavy (non-hydrogen) atoms. The van der Waals surface area contributed by atoms with E-state index in [-0.39, 0.29) is 22.0 Å². The summed E-state index contributed by atoms with van der Waals surface area (Å²) in [6.07, 6.45) is 0.805. The van der Waals surface area contributed by atoms with Gasteiger partial charge in [-0.2, -0.15) is 0 Å². The molecule has 0 saturated carbocycles. The molecule has 0 aliphatic heterocycles. The Morgan fingerprint density at radius 3 is 2.92 bits per heavy atom. The molecule has 0 spiro atoms. The molecular weight excluding hydrogens is 354 g/mol. The quantitative estimate of drug-likeness (QED) is 0.531. The van der Waals surface area contributed by atoms with Crippen molar-refractivity contribution in [2.75, 3.05) is 0 Å². The summed E-state index contributed by atoms with van der Waals surface area (Å²) in [5, 5.41) is 17.4. The van der Waals surface area contributed by atoms with E-state index in [1.54, 1.807) is 10.6 Å². The lowest BCUT2D eigenvalue weighted by Crippen LogP contribution is -2.17. The van der Waals surface area contributed by atoms with Crippen LogP contribution in [0.3, 0.4) is 0 Å². The summed E-state index contributed by atoms with van der Waals surface area (Å²) in [5.74, 6) is 0.248. The Kier molecular flexibility index (Phi) is 4.68. The maximum Gasteiger partial charge on any atom is 0.343 e. The zero-order valence-electron chi connectivity index (χ0n) is 12.7. The number of halogens is 1. The highest BCUT2D eigenvalue weighted by Crippen LogP contribution is 2.32. The van der Waals surface area contributed by atoms with E-state index in [2.05, 4.69) is 10.2 Å². The Labute approximate surface area is 145 Å². The zero-order valence-corrected chi connectivity index (χ0v) is 14.3. The molecule has 0 fully saturated rings. The third-order valence-corrected chi connectivity index (χ3v) is 4.75. The van der Waals surface area contributed by atoms with E-state index in [9.17, 15) is 14.7 Å². The average Bonchev–Trinajstić information content (AvgIpc) is 2.88. The van der Waals surface area contributed by atoms with E-state index in [0.717, 1.165) is 6.42 Å². The number of aromatic amines is 1. The second-order valence-corrected chi connectivity index (χ2v) is 6.49. The summed E-state index contributed by atoms with van der Waals surface area (Å²) in [4.78, 5) is 23.4. The molecule has 126 valence electrons. The van der Waals surface area contributed by atoms with Crippen molar-refractivity contribution in [1.29, 1.82) is 0 Å². The Balaban J connectivity index is 1.97. The number of benzene rings is 1. The number of nitrogens with zero attached hydrogens (tertiary/aromatic N) is 2. The summed E-state index contributed by atoms with van der Waals surface area (Å²) in [5.41, 5.74) is 0.164. The van der Waals surface area contributed by atoms with Crippen molar-refractivity contribution < 1.29 is 9.52 Å². The molecule has 0 amide bonds. The van der Waals surface area contributed by atoms with Gasteiger partial charge in [-0.1, -0.05) is 30.3 Å². The van der Waals surface area contributed by atoms with E-state index in [1.165, 1.54) is 23.9 Å². The van der Waals surface area contributed by atoms with Crippen molar-refractivity contribution >= 4 is 34.3 Å². The van der Waals surface area contributed by atoms with Crippen LogP contribution in [-0.2, 0) is 12.3 Å². The lowest BCUT2D eigenvalue weighted by Gasteiger charge is -2.07. The van der Waals surface area contributed by atoms with Crippen LogP contribution in [0.1, 0.15) is 18.9 Å². The molecule has 2 N–H and O–H groups in total. The molecule has 0 saturated heterocycles. The highest BCUT2D eigenvalue weighted by molar-refractivity contribution is 7.98. The van der Waals surface area contributed by atoms with Crippen LogP contribution in [-0.4, -0.2) is 19.9 Å². The molecule has 3 aromatic rings. The second-order valence-electron chi connectivity index (χ2n) is 5.14. The van der Waals surface area contributed by atoms with Crippen LogP contribution in [0.4, 0.5) is 0 Å². The Morgan fingerprint density at radius 2 is 2.17 bits per heavy atom. The van der Waals surface area contributed by atoms with Gasteiger partial charge in [0.2, 0.25) is 0 Å². The minimum absolute atomic E-state index is 0.152. The van der Waals surface area contributed by atoms with Crippen molar-refractivity contribution in [3.05, 3.63) is 49.7 Å². The molecule has 0 radical (unpaired) electrons. The first kappa shape index (κ1) is 16.7. The lowest BCUT2D eigenvalue weighted by molar-refractivity contribution is 0.473. The minimum atomic E-state index is -0.521. The number of phenols is 1. The van der Waals surface area contributed by atoms with Crippen LogP contribution < -0.4 is 11.3 Å². The number of H-pyrrole nitrogens is 1. The average molecular weight is 368 g/mol. The number of nitrogens with one attached hydrogen (secondary N) is 1. The predicted octanol–water partition coefficient (Wildman–Crippen LogP) is 2.74. The molecule has 0 aliphatic carbocycles. The van der Waals surface area contributed by atoms with Crippen LogP contribution in [0.25, 0.3) is 11.0 Å². The van der Waals surface area contributed by atoms with Gasteiger partial charge in [-0.15, -0.1) is 5.10 Å². The topological polar surface area (TPSA) is 101 Å². The van der Waals surface area contributed by atoms with Gasteiger partial charge in [0.05, 0.1) is 5.02 Å². The fourth-order valence-corrected chi connectivity index (χ4v) is 3.46. The van der Waals surface area contributed by atoms with Gasteiger partial charge >= 0.3 is 11.3 Å². The van der Waals surface area contributed by atoms with Gasteiger partial charge in [0.15, 0.2) is 5.16 Å². The normalized spacial score (nSPS) is 11.2. The summed E-state index contributed by atoms with van der Waals surface area (Å²) in [7, 11) is 0. The van der Waals surface area contributed by atoms with E-state index >= 15 is 0 Å². The highest BCUT2D eigenvalue weighted by Gasteiger charge is 2.13. The number of thioether (sulfide) groups is 1. The summed E-state index contributed by atoms with van der Waals surface area (Å²) in [6.45, 7) is 2.54. The number of aromatic hydroxyl groups is 1. The molecule has 1 aromatic carbocycles. The predicted molar refractivity (Wildman–Crippen MR) is 91.9 cm³/mol. The molecular formula is C15H14ClN3O4S. The standard InChI is InChI=1S/C15H14ClN3O4S/c1-2-3-19-14(22)17-18-15(19)24-7-8-4-13(21)23-12-6-11(20)10(16)5-9(8)12/h4-6,20H,2-3,7H2,1H3,(H,17,22). The van der Waals surface area contributed by atoms with Gasteiger partial charge in [0.1, 0.15) is 11.3 Å². The molecule has 2 heterocycles. The molecule has 2 aromatic heterocycles. The third kappa shape index (κ3) is 3.20. The van der Waals surface area contributed by atoms with Crippen LogP contribution in [0.15, 0.2) is 37.4 Å². The van der Waals surface area contributed by atoms with Crippen LogP contribution >= 0.6 is 23.4 Å². The zero-order chi connectivity index (χ0) is 17.3. The maximum atomic E-state index is 11.7. The van der Waals surface area contributed by atoms with Gasteiger partial charge in [-0.05, 0) is 18.1 Å². The van der Waals surface area contributed by atoms with Gasteiger partial charge in [-0.3, -0.25) is 4.57 Å². The van der Waals surface area contributed by atoms with Gasteiger partial charge in [-0.25, -0.2) is 14.7 Å². The third-order valence-electron chi connectivity index (χ3n) is 3.42. The van der Waals surface area contributed by atoms with Crippen LogP contribution in [0, 0.1) is 0 Å². The molecule has 0 unspecified atom stereocenters. The number of rotatable bonds is 5. The van der Waals surface area contributed by atoms with E-state index in [0.29, 0.717) is 28.4 Å². The number of hydrogen-bond acceptors (Lipinski definition) is 6. The fourth-order valence-electron chi connectivity index (χ4n) is 2.33. The van der Waals surface area contributed by atoms with E-state index in [1.807, 2.05) is 6.92 Å². The molecule has 0 atom stereocenters. The Hall–Kier alpha value is -2.19. The molecule has 7 nitrogen and oxygen atoms in total. The van der Waals surface area contributed by atoms with Crippen molar-refractivity contribution in [2.45, 2.75) is 30.8 Å². The Bertz CT molecular complexity index is 1010. The molecule has 0 bridgehead atoms. The monoisotopic (exact) mass is 367 g/mol. The van der Waals surface area contributed by atoms with Crippen LogP contribution in [0.2, 0.25) is 5.02 Å². The maximum absolute atomic E-state index is 11.7. The van der Waals surface area contributed by atoms with Crippen molar-refractivity contribution in [1.82, 2.24) is 14.8 Å². The number of fused-ring (bicyclic) bond motifs is 1.